The minimum absolute atomic E-state index is 0.0934. The maximum Gasteiger partial charge on any atom is 0.269 e. The van der Waals surface area contributed by atoms with Gasteiger partial charge in [0.25, 0.3) is 5.91 Å². The molecule has 0 aliphatic carbocycles. The Labute approximate surface area is 124 Å². The highest BCUT2D eigenvalue weighted by atomic mass is 79.9. The van der Waals surface area contributed by atoms with Gasteiger partial charge in [-0.2, -0.15) is 0 Å². The van der Waals surface area contributed by atoms with Gasteiger partial charge in [0.2, 0.25) is 0 Å². The van der Waals surface area contributed by atoms with E-state index in [1.54, 1.807) is 30.4 Å². The summed E-state index contributed by atoms with van der Waals surface area (Å²) in [5.74, 6) is 1.07. The largest absolute Gasteiger partial charge is 0.477 e. The molecule has 5 nitrogen and oxygen atoms in total. The number of hydrogen-bond acceptors (Lipinski definition) is 4. The second-order valence-electron chi connectivity index (χ2n) is 4.52. The first-order valence-corrected chi connectivity index (χ1v) is 6.97. The van der Waals surface area contributed by atoms with E-state index in [2.05, 4.69) is 25.9 Å². The number of pyridine rings is 2. The van der Waals surface area contributed by atoms with Crippen molar-refractivity contribution in [3.05, 3.63) is 46.8 Å². The second kappa shape index (κ2) is 5.20. The third-order valence-corrected chi connectivity index (χ3v) is 3.50. The molecule has 2 aromatic heterocycles. The maximum atomic E-state index is 12.3. The van der Waals surface area contributed by atoms with Gasteiger partial charge in [0.1, 0.15) is 0 Å². The molecular formula is C14H12BrN3O2. The van der Waals surface area contributed by atoms with E-state index >= 15 is 0 Å². The van der Waals surface area contributed by atoms with Crippen LogP contribution in [0.2, 0.25) is 0 Å². The van der Waals surface area contributed by atoms with Gasteiger partial charge in [-0.1, -0.05) is 0 Å². The van der Waals surface area contributed by atoms with Gasteiger partial charge in [-0.05, 0) is 46.6 Å². The van der Waals surface area contributed by atoms with Gasteiger partial charge in [0.15, 0.2) is 17.7 Å². The molecule has 1 atom stereocenters. The highest BCUT2D eigenvalue weighted by Gasteiger charge is 2.32. The zero-order valence-electron chi connectivity index (χ0n) is 10.8. The monoisotopic (exact) mass is 333 g/mol. The van der Waals surface area contributed by atoms with Crippen molar-refractivity contribution in [2.75, 3.05) is 4.90 Å². The lowest BCUT2D eigenvalue weighted by Crippen LogP contribution is -2.44. The van der Waals surface area contributed by atoms with E-state index in [4.69, 9.17) is 4.74 Å². The third kappa shape index (κ3) is 2.38. The van der Waals surface area contributed by atoms with Gasteiger partial charge < -0.3 is 4.74 Å². The molecule has 6 heteroatoms. The Hall–Kier alpha value is -1.95. The van der Waals surface area contributed by atoms with E-state index < -0.39 is 6.10 Å². The third-order valence-electron chi connectivity index (χ3n) is 3.06. The van der Waals surface area contributed by atoms with Crippen molar-refractivity contribution in [1.82, 2.24) is 9.97 Å². The topological polar surface area (TPSA) is 55.3 Å². The number of rotatable bonds is 2. The summed E-state index contributed by atoms with van der Waals surface area (Å²) >= 11 is 3.36. The summed E-state index contributed by atoms with van der Waals surface area (Å²) in [4.78, 5) is 22.2. The first kappa shape index (κ1) is 13.1. The van der Waals surface area contributed by atoms with Crippen LogP contribution in [0.25, 0.3) is 0 Å². The number of hydrogen-bond donors (Lipinski definition) is 0. The van der Waals surface area contributed by atoms with Gasteiger partial charge in [0, 0.05) is 23.1 Å². The van der Waals surface area contributed by atoms with E-state index in [1.165, 1.54) is 0 Å². The lowest BCUT2D eigenvalue weighted by atomic mass is 10.2. The van der Waals surface area contributed by atoms with Crippen molar-refractivity contribution >= 4 is 27.7 Å². The number of halogens is 1. The lowest BCUT2D eigenvalue weighted by molar-refractivity contribution is -0.125. The zero-order chi connectivity index (χ0) is 14.1. The first-order valence-electron chi connectivity index (χ1n) is 6.17. The van der Waals surface area contributed by atoms with Crippen LogP contribution >= 0.6 is 15.9 Å². The molecule has 1 amide bonds. The predicted molar refractivity (Wildman–Crippen MR) is 77.5 cm³/mol. The summed E-state index contributed by atoms with van der Waals surface area (Å²) in [5.41, 5.74) is 0.998. The van der Waals surface area contributed by atoms with Crippen molar-refractivity contribution in [2.45, 2.75) is 19.6 Å². The number of carbonyl (C=O) groups excluding carboxylic acids is 1. The molecule has 1 aliphatic heterocycles. The average molecular weight is 334 g/mol. The quantitative estimate of drug-likeness (QED) is 0.847. The predicted octanol–water partition coefficient (Wildman–Crippen LogP) is 2.55. The van der Waals surface area contributed by atoms with E-state index in [0.717, 1.165) is 10.0 Å². The molecule has 0 fully saturated rings. The summed E-state index contributed by atoms with van der Waals surface area (Å²) < 4.78 is 6.42. The average Bonchev–Trinajstić information content (AvgIpc) is 2.45. The van der Waals surface area contributed by atoms with E-state index in [9.17, 15) is 4.79 Å². The Balaban J connectivity index is 1.99. The van der Waals surface area contributed by atoms with Crippen LogP contribution in [0.5, 0.6) is 5.75 Å². The molecule has 0 radical (unpaired) electrons. The maximum absolute atomic E-state index is 12.3. The van der Waals surface area contributed by atoms with Crippen molar-refractivity contribution < 1.29 is 9.53 Å². The number of fused-ring (bicyclic) bond motifs is 1. The Bertz CT molecular complexity index is 648. The normalized spacial score (nSPS) is 17.6. The van der Waals surface area contributed by atoms with E-state index in [-0.39, 0.29) is 5.91 Å². The minimum atomic E-state index is -0.513. The molecule has 0 spiro atoms. The number of ether oxygens (including phenoxy) is 1. The fourth-order valence-electron chi connectivity index (χ4n) is 2.09. The molecule has 0 aromatic carbocycles. The van der Waals surface area contributed by atoms with Gasteiger partial charge in [-0.25, -0.2) is 4.98 Å². The Morgan fingerprint density at radius 3 is 2.90 bits per heavy atom. The SMILES string of the molecule is CC1Oc2cc(Br)cnc2N(Cc2ccncc2)C1=O. The van der Waals surface area contributed by atoms with Crippen LogP contribution < -0.4 is 9.64 Å². The molecule has 102 valence electrons. The van der Waals surface area contributed by atoms with Crippen LogP contribution in [0.15, 0.2) is 41.3 Å². The van der Waals surface area contributed by atoms with Crippen molar-refractivity contribution in [2.24, 2.45) is 0 Å². The second-order valence-corrected chi connectivity index (χ2v) is 5.43. The first-order chi connectivity index (χ1) is 9.65. The highest BCUT2D eigenvalue weighted by Crippen LogP contribution is 2.34. The summed E-state index contributed by atoms with van der Waals surface area (Å²) in [7, 11) is 0. The molecule has 0 bridgehead atoms. The fraction of sp³-hybridized carbons (Fsp3) is 0.214. The number of amides is 1. The minimum Gasteiger partial charge on any atom is -0.477 e. The molecule has 2 aromatic rings. The van der Waals surface area contributed by atoms with Gasteiger partial charge >= 0.3 is 0 Å². The summed E-state index contributed by atoms with van der Waals surface area (Å²) in [6.07, 6.45) is 4.56. The van der Waals surface area contributed by atoms with E-state index in [0.29, 0.717) is 18.1 Å². The molecule has 3 heterocycles. The van der Waals surface area contributed by atoms with E-state index in [1.807, 2.05) is 18.2 Å². The molecule has 0 saturated carbocycles. The van der Waals surface area contributed by atoms with Gasteiger partial charge in [0.05, 0.1) is 6.54 Å². The standard InChI is InChI=1S/C14H12BrN3O2/c1-9-14(19)18(8-10-2-4-16-5-3-10)13-12(20-9)6-11(15)7-17-13/h2-7,9H,8H2,1H3. The van der Waals surface area contributed by atoms with Crippen molar-refractivity contribution in [3.8, 4) is 5.75 Å². The van der Waals surface area contributed by atoms with Crippen molar-refractivity contribution in [3.63, 3.8) is 0 Å². The smallest absolute Gasteiger partial charge is 0.269 e. The van der Waals surface area contributed by atoms with Gasteiger partial charge in [-0.3, -0.25) is 14.7 Å². The lowest BCUT2D eigenvalue weighted by Gasteiger charge is -2.32. The zero-order valence-corrected chi connectivity index (χ0v) is 12.4. The van der Waals surface area contributed by atoms with Crippen LogP contribution in [0, 0.1) is 0 Å². The van der Waals surface area contributed by atoms with Crippen LogP contribution in [0.1, 0.15) is 12.5 Å². The number of nitrogens with zero attached hydrogens (tertiary/aromatic N) is 3. The van der Waals surface area contributed by atoms with Gasteiger partial charge in [-0.15, -0.1) is 0 Å². The molecule has 1 unspecified atom stereocenters. The van der Waals surface area contributed by atoms with Crippen LogP contribution in [0.3, 0.4) is 0 Å². The molecule has 1 aliphatic rings. The Morgan fingerprint density at radius 2 is 2.15 bits per heavy atom. The van der Waals surface area contributed by atoms with Crippen LogP contribution in [-0.4, -0.2) is 22.0 Å². The fourth-order valence-corrected chi connectivity index (χ4v) is 2.40. The summed E-state index contributed by atoms with van der Waals surface area (Å²) in [6, 6.07) is 5.59. The Kier molecular flexibility index (Phi) is 3.40. The summed E-state index contributed by atoms with van der Waals surface area (Å²) in [5, 5.41) is 0. The Morgan fingerprint density at radius 1 is 1.40 bits per heavy atom. The number of carbonyl (C=O) groups is 1. The van der Waals surface area contributed by atoms with Crippen LogP contribution in [0.4, 0.5) is 5.82 Å². The number of aromatic nitrogens is 2. The van der Waals surface area contributed by atoms with Crippen molar-refractivity contribution in [1.29, 1.82) is 0 Å². The molecule has 3 rings (SSSR count). The summed E-state index contributed by atoms with van der Waals surface area (Å²) in [6.45, 7) is 2.20. The highest BCUT2D eigenvalue weighted by molar-refractivity contribution is 9.10. The number of anilines is 1. The van der Waals surface area contributed by atoms with Crippen LogP contribution in [-0.2, 0) is 11.3 Å². The molecule has 20 heavy (non-hydrogen) atoms. The molecule has 0 N–H and O–H groups in total. The molecular weight excluding hydrogens is 322 g/mol. The molecule has 0 saturated heterocycles.